The summed E-state index contributed by atoms with van der Waals surface area (Å²) >= 11 is 6.06. The lowest BCUT2D eigenvalue weighted by atomic mass is 10.2. The van der Waals surface area contributed by atoms with Crippen molar-refractivity contribution < 1.29 is 19.0 Å². The molecule has 1 aromatic carbocycles. The second-order valence-corrected chi connectivity index (χ2v) is 4.87. The van der Waals surface area contributed by atoms with Crippen LogP contribution in [0, 0.1) is 0 Å². The first-order valence-corrected chi connectivity index (χ1v) is 6.83. The molecular formula is C14H21ClN2O4. The maximum absolute atomic E-state index is 11.8. The standard InChI is InChI=1S/C14H21ClN2O4/c1-9(8-19-2)17-14(18)7-16-11-5-10(15)12(20-3)6-13(11)21-4/h5-6,9,16H,7-8H2,1-4H3,(H,17,18). The van der Waals surface area contributed by atoms with Gasteiger partial charge in [0, 0.05) is 19.2 Å². The van der Waals surface area contributed by atoms with E-state index in [0.29, 0.717) is 28.8 Å². The summed E-state index contributed by atoms with van der Waals surface area (Å²) in [6, 6.07) is 3.27. The molecule has 21 heavy (non-hydrogen) atoms. The molecule has 0 saturated carbocycles. The summed E-state index contributed by atoms with van der Waals surface area (Å²) < 4.78 is 15.3. The molecule has 1 unspecified atom stereocenters. The summed E-state index contributed by atoms with van der Waals surface area (Å²) in [5.74, 6) is 0.916. The molecule has 0 aromatic heterocycles. The number of carbonyl (C=O) groups excluding carboxylic acids is 1. The maximum Gasteiger partial charge on any atom is 0.239 e. The number of amides is 1. The number of hydrogen-bond acceptors (Lipinski definition) is 5. The van der Waals surface area contributed by atoms with Crippen LogP contribution in [0.3, 0.4) is 0 Å². The van der Waals surface area contributed by atoms with Gasteiger partial charge in [-0.2, -0.15) is 0 Å². The Labute approximate surface area is 129 Å². The normalized spacial score (nSPS) is 11.7. The highest BCUT2D eigenvalue weighted by Gasteiger charge is 2.12. The van der Waals surface area contributed by atoms with Crippen molar-refractivity contribution in [1.29, 1.82) is 0 Å². The van der Waals surface area contributed by atoms with E-state index in [0.717, 1.165) is 0 Å². The van der Waals surface area contributed by atoms with Gasteiger partial charge >= 0.3 is 0 Å². The van der Waals surface area contributed by atoms with Gasteiger partial charge in [-0.3, -0.25) is 4.79 Å². The van der Waals surface area contributed by atoms with E-state index in [-0.39, 0.29) is 18.5 Å². The minimum atomic E-state index is -0.145. The molecule has 6 nitrogen and oxygen atoms in total. The van der Waals surface area contributed by atoms with E-state index in [4.69, 9.17) is 25.8 Å². The Bertz CT molecular complexity index is 482. The third-order valence-electron chi connectivity index (χ3n) is 2.74. The average molecular weight is 317 g/mol. The number of hydrogen-bond donors (Lipinski definition) is 2. The fraction of sp³-hybridized carbons (Fsp3) is 0.500. The predicted molar refractivity (Wildman–Crippen MR) is 82.5 cm³/mol. The average Bonchev–Trinajstić information content (AvgIpc) is 2.45. The molecule has 1 aromatic rings. The first-order chi connectivity index (χ1) is 10.0. The van der Waals surface area contributed by atoms with Crippen molar-refractivity contribution in [2.45, 2.75) is 13.0 Å². The molecule has 0 heterocycles. The van der Waals surface area contributed by atoms with E-state index in [1.807, 2.05) is 6.92 Å². The lowest BCUT2D eigenvalue weighted by Crippen LogP contribution is -2.39. The molecule has 0 spiro atoms. The monoisotopic (exact) mass is 316 g/mol. The highest BCUT2D eigenvalue weighted by Crippen LogP contribution is 2.35. The van der Waals surface area contributed by atoms with Crippen molar-refractivity contribution in [2.75, 3.05) is 39.8 Å². The van der Waals surface area contributed by atoms with Gasteiger partial charge in [-0.1, -0.05) is 11.6 Å². The number of halogens is 1. The Hall–Kier alpha value is -1.66. The summed E-state index contributed by atoms with van der Waals surface area (Å²) in [6.45, 7) is 2.43. The van der Waals surface area contributed by atoms with Crippen LogP contribution >= 0.6 is 11.6 Å². The molecule has 0 aliphatic rings. The van der Waals surface area contributed by atoms with E-state index in [2.05, 4.69) is 10.6 Å². The van der Waals surface area contributed by atoms with Crippen LogP contribution in [0.1, 0.15) is 6.92 Å². The van der Waals surface area contributed by atoms with Crippen LogP contribution in [0.25, 0.3) is 0 Å². The fourth-order valence-electron chi connectivity index (χ4n) is 1.79. The Morgan fingerprint density at radius 3 is 2.48 bits per heavy atom. The van der Waals surface area contributed by atoms with E-state index in [9.17, 15) is 4.79 Å². The van der Waals surface area contributed by atoms with E-state index >= 15 is 0 Å². The second-order valence-electron chi connectivity index (χ2n) is 4.46. The molecule has 0 radical (unpaired) electrons. The summed E-state index contributed by atoms with van der Waals surface area (Å²) in [6.07, 6.45) is 0. The first kappa shape index (κ1) is 17.4. The third-order valence-corrected chi connectivity index (χ3v) is 3.03. The molecule has 1 rings (SSSR count). The Kier molecular flexibility index (Phi) is 7.11. The van der Waals surface area contributed by atoms with Crippen LogP contribution in [-0.2, 0) is 9.53 Å². The largest absolute Gasteiger partial charge is 0.495 e. The van der Waals surface area contributed by atoms with Gasteiger partial charge < -0.3 is 24.8 Å². The molecule has 0 saturated heterocycles. The van der Waals surface area contributed by atoms with Crippen molar-refractivity contribution in [3.8, 4) is 11.5 Å². The second kappa shape index (κ2) is 8.59. The minimum Gasteiger partial charge on any atom is -0.495 e. The minimum absolute atomic E-state index is 0.0503. The van der Waals surface area contributed by atoms with Crippen molar-refractivity contribution in [2.24, 2.45) is 0 Å². The van der Waals surface area contributed by atoms with Crippen LogP contribution in [-0.4, -0.2) is 46.4 Å². The van der Waals surface area contributed by atoms with Gasteiger partial charge in [0.15, 0.2) is 0 Å². The summed E-state index contributed by atoms with van der Waals surface area (Å²) in [4.78, 5) is 11.8. The van der Waals surface area contributed by atoms with Crippen LogP contribution < -0.4 is 20.1 Å². The molecule has 0 aliphatic heterocycles. The van der Waals surface area contributed by atoms with Gasteiger partial charge in [-0.25, -0.2) is 0 Å². The Morgan fingerprint density at radius 1 is 1.24 bits per heavy atom. The maximum atomic E-state index is 11.8. The van der Waals surface area contributed by atoms with Crippen LogP contribution in [0.4, 0.5) is 5.69 Å². The van der Waals surface area contributed by atoms with Crippen LogP contribution in [0.2, 0.25) is 5.02 Å². The molecule has 0 fully saturated rings. The number of ether oxygens (including phenoxy) is 3. The van der Waals surface area contributed by atoms with Crippen molar-refractivity contribution in [3.05, 3.63) is 17.2 Å². The van der Waals surface area contributed by atoms with Crippen molar-refractivity contribution in [3.63, 3.8) is 0 Å². The zero-order valence-corrected chi connectivity index (χ0v) is 13.4. The molecule has 7 heteroatoms. The van der Waals surface area contributed by atoms with Crippen molar-refractivity contribution in [1.82, 2.24) is 5.32 Å². The zero-order chi connectivity index (χ0) is 15.8. The highest BCUT2D eigenvalue weighted by atomic mass is 35.5. The summed E-state index contributed by atoms with van der Waals surface area (Å²) in [7, 11) is 4.65. The summed E-state index contributed by atoms with van der Waals surface area (Å²) in [5, 5.41) is 6.23. The predicted octanol–water partition coefficient (Wildman–Crippen LogP) is 1.92. The summed E-state index contributed by atoms with van der Waals surface area (Å²) in [5.41, 5.74) is 0.623. The molecule has 118 valence electrons. The van der Waals surface area contributed by atoms with Gasteiger partial charge in [0.1, 0.15) is 11.5 Å². The number of nitrogens with one attached hydrogen (secondary N) is 2. The number of carbonyl (C=O) groups is 1. The number of rotatable bonds is 8. The number of methoxy groups -OCH3 is 3. The topological polar surface area (TPSA) is 68.8 Å². The lowest BCUT2D eigenvalue weighted by molar-refractivity contribution is -0.120. The first-order valence-electron chi connectivity index (χ1n) is 6.45. The smallest absolute Gasteiger partial charge is 0.239 e. The van der Waals surface area contributed by atoms with Gasteiger partial charge in [-0.05, 0) is 13.0 Å². The van der Waals surface area contributed by atoms with E-state index < -0.39 is 0 Å². The molecule has 1 amide bonds. The fourth-order valence-corrected chi connectivity index (χ4v) is 2.03. The highest BCUT2D eigenvalue weighted by molar-refractivity contribution is 6.32. The van der Waals surface area contributed by atoms with Crippen LogP contribution in [0.15, 0.2) is 12.1 Å². The molecule has 2 N–H and O–H groups in total. The Balaban J connectivity index is 2.66. The number of anilines is 1. The van der Waals surface area contributed by atoms with Gasteiger partial charge in [0.2, 0.25) is 5.91 Å². The van der Waals surface area contributed by atoms with E-state index in [1.165, 1.54) is 14.2 Å². The zero-order valence-electron chi connectivity index (χ0n) is 12.7. The molecule has 0 bridgehead atoms. The quantitative estimate of drug-likeness (QED) is 0.767. The molecule has 1 atom stereocenters. The third kappa shape index (κ3) is 5.32. The van der Waals surface area contributed by atoms with Gasteiger partial charge in [-0.15, -0.1) is 0 Å². The van der Waals surface area contributed by atoms with Crippen molar-refractivity contribution >= 4 is 23.2 Å². The van der Waals surface area contributed by atoms with Gasteiger partial charge in [0.25, 0.3) is 0 Å². The van der Waals surface area contributed by atoms with Gasteiger partial charge in [0.05, 0.1) is 38.1 Å². The Morgan fingerprint density at radius 2 is 1.90 bits per heavy atom. The van der Waals surface area contributed by atoms with E-state index in [1.54, 1.807) is 19.2 Å². The molecular weight excluding hydrogens is 296 g/mol. The molecule has 0 aliphatic carbocycles. The SMILES string of the molecule is COCC(C)NC(=O)CNc1cc(Cl)c(OC)cc1OC. The lowest BCUT2D eigenvalue weighted by Gasteiger charge is -2.15. The van der Waals surface area contributed by atoms with Crippen LogP contribution in [0.5, 0.6) is 11.5 Å². The number of benzene rings is 1.